The van der Waals surface area contributed by atoms with Crippen molar-refractivity contribution in [3.05, 3.63) is 95.6 Å². The number of amides is 2. The first-order chi connectivity index (χ1) is 15.8. The van der Waals surface area contributed by atoms with E-state index in [0.717, 1.165) is 23.3 Å². The summed E-state index contributed by atoms with van der Waals surface area (Å²) in [6, 6.07) is 20.3. The summed E-state index contributed by atoms with van der Waals surface area (Å²) in [5.74, 6) is -2.52. The van der Waals surface area contributed by atoms with Crippen molar-refractivity contribution in [2.24, 2.45) is 5.92 Å². The summed E-state index contributed by atoms with van der Waals surface area (Å²) in [6.45, 7) is 1.88. The lowest BCUT2D eigenvalue weighted by molar-refractivity contribution is -0.137. The molecule has 0 unspecified atom stereocenters. The number of hydroxylamine groups is 1. The maximum atomic E-state index is 13.6. The number of hydrogen-bond acceptors (Lipinski definition) is 4. The Balaban J connectivity index is 1.62. The van der Waals surface area contributed by atoms with Gasteiger partial charge in [-0.25, -0.2) is 9.96 Å². The van der Waals surface area contributed by atoms with E-state index in [1.54, 1.807) is 24.3 Å². The zero-order valence-electron chi connectivity index (χ0n) is 17.5. The second-order valence-electron chi connectivity index (χ2n) is 8.04. The highest BCUT2D eigenvalue weighted by molar-refractivity contribution is 6.24. The molecule has 0 radical (unpaired) electrons. The first-order valence-corrected chi connectivity index (χ1v) is 10.4. The summed E-state index contributed by atoms with van der Waals surface area (Å²) in [6.07, 6.45) is -5.95. The predicted molar refractivity (Wildman–Crippen MR) is 115 cm³/mol. The largest absolute Gasteiger partial charge is 0.418 e. The van der Waals surface area contributed by atoms with E-state index in [1.807, 2.05) is 37.3 Å². The number of alkyl halides is 3. The number of rotatable bonds is 3. The highest BCUT2D eigenvalue weighted by Gasteiger charge is 2.61. The van der Waals surface area contributed by atoms with E-state index in [2.05, 4.69) is 0 Å². The molecule has 2 heterocycles. The Morgan fingerprint density at radius 3 is 2.15 bits per heavy atom. The van der Waals surface area contributed by atoms with Gasteiger partial charge in [0, 0.05) is 0 Å². The fraction of sp³-hybridized carbons (Fsp3) is 0.200. The van der Waals surface area contributed by atoms with Gasteiger partial charge in [0.05, 0.1) is 23.0 Å². The van der Waals surface area contributed by atoms with Crippen LogP contribution >= 0.6 is 0 Å². The van der Waals surface area contributed by atoms with Crippen LogP contribution in [-0.2, 0) is 20.6 Å². The second kappa shape index (κ2) is 7.74. The maximum Gasteiger partial charge on any atom is 0.418 e. The van der Waals surface area contributed by atoms with Crippen LogP contribution in [0.1, 0.15) is 22.7 Å². The molecule has 5 rings (SSSR count). The van der Waals surface area contributed by atoms with Gasteiger partial charge < -0.3 is 0 Å². The molecule has 2 amide bonds. The van der Waals surface area contributed by atoms with Crippen LogP contribution in [0.15, 0.2) is 78.9 Å². The van der Waals surface area contributed by atoms with Crippen LogP contribution in [0.5, 0.6) is 0 Å². The standard InChI is InChI=1S/C25H19F3N2O3/c1-15-9-5-6-12-17(15)21-20-22(33-30(21)16-10-3-2-4-11-16)24(32)29(23(20)31)19-14-8-7-13-18(19)25(26,27)28/h2-14,20-22H,1H3/t20-,21+,22+/m0/s1. The molecule has 2 saturated heterocycles. The molecule has 0 aliphatic carbocycles. The van der Waals surface area contributed by atoms with Crippen LogP contribution in [0.3, 0.4) is 0 Å². The molecule has 33 heavy (non-hydrogen) atoms. The van der Waals surface area contributed by atoms with Crippen molar-refractivity contribution in [3.8, 4) is 0 Å². The number of imide groups is 1. The molecule has 0 N–H and O–H groups in total. The third-order valence-corrected chi connectivity index (χ3v) is 6.08. The molecule has 0 bridgehead atoms. The summed E-state index contributed by atoms with van der Waals surface area (Å²) in [7, 11) is 0. The molecule has 2 fully saturated rings. The minimum absolute atomic E-state index is 0.479. The van der Waals surface area contributed by atoms with Crippen molar-refractivity contribution >= 4 is 23.2 Å². The van der Waals surface area contributed by atoms with Gasteiger partial charge in [0.2, 0.25) is 5.91 Å². The van der Waals surface area contributed by atoms with Gasteiger partial charge in [-0.2, -0.15) is 13.2 Å². The smallest absolute Gasteiger partial charge is 0.273 e. The van der Waals surface area contributed by atoms with Gasteiger partial charge >= 0.3 is 6.18 Å². The zero-order valence-corrected chi connectivity index (χ0v) is 17.5. The molecular weight excluding hydrogens is 433 g/mol. The summed E-state index contributed by atoms with van der Waals surface area (Å²) < 4.78 is 40.9. The van der Waals surface area contributed by atoms with Gasteiger partial charge in [-0.05, 0) is 42.3 Å². The van der Waals surface area contributed by atoms with E-state index in [0.29, 0.717) is 10.6 Å². The van der Waals surface area contributed by atoms with Gasteiger partial charge in [0.25, 0.3) is 5.91 Å². The number of benzene rings is 3. The SMILES string of the molecule is Cc1ccccc1[C@@H]1[C@@H]2C(=O)N(c3ccccc3C(F)(F)F)C(=O)[C@@H]2ON1c1ccccc1. The van der Waals surface area contributed by atoms with E-state index >= 15 is 0 Å². The van der Waals surface area contributed by atoms with E-state index < -0.39 is 47.3 Å². The highest BCUT2D eigenvalue weighted by atomic mass is 19.4. The molecule has 0 spiro atoms. The minimum atomic E-state index is -4.72. The molecule has 2 aliphatic rings. The number of carbonyl (C=O) groups is 2. The molecule has 0 saturated carbocycles. The minimum Gasteiger partial charge on any atom is -0.273 e. The summed E-state index contributed by atoms with van der Waals surface area (Å²) >= 11 is 0. The summed E-state index contributed by atoms with van der Waals surface area (Å²) in [5.41, 5.74) is 0.762. The van der Waals surface area contributed by atoms with Crippen molar-refractivity contribution < 1.29 is 27.6 Å². The van der Waals surface area contributed by atoms with Gasteiger partial charge in [-0.3, -0.25) is 14.4 Å². The molecule has 168 valence electrons. The topological polar surface area (TPSA) is 49.9 Å². The first-order valence-electron chi connectivity index (χ1n) is 10.4. The average molecular weight is 452 g/mol. The summed E-state index contributed by atoms with van der Waals surface area (Å²) in [5, 5.41) is 1.53. The Hall–Kier alpha value is -3.65. The second-order valence-corrected chi connectivity index (χ2v) is 8.04. The number of aryl methyl sites for hydroxylation is 1. The Kier molecular flexibility index (Phi) is 4.97. The Morgan fingerprint density at radius 2 is 1.45 bits per heavy atom. The number of hydrogen-bond donors (Lipinski definition) is 0. The Labute approximate surface area is 187 Å². The molecule has 3 atom stereocenters. The first kappa shape index (κ1) is 21.2. The number of halogens is 3. The molecule has 3 aromatic carbocycles. The van der Waals surface area contributed by atoms with Gasteiger partial charge in [-0.1, -0.05) is 54.6 Å². The molecule has 3 aromatic rings. The fourth-order valence-corrected chi connectivity index (χ4v) is 4.59. The third kappa shape index (κ3) is 3.38. The zero-order chi connectivity index (χ0) is 23.3. The lowest BCUT2D eigenvalue weighted by Gasteiger charge is -2.30. The number of fused-ring (bicyclic) bond motifs is 1. The molecule has 8 heteroatoms. The van der Waals surface area contributed by atoms with Crippen LogP contribution in [-0.4, -0.2) is 17.9 Å². The molecule has 0 aromatic heterocycles. The van der Waals surface area contributed by atoms with Gasteiger partial charge in [0.1, 0.15) is 5.92 Å². The quantitative estimate of drug-likeness (QED) is 0.521. The van der Waals surface area contributed by atoms with Crippen molar-refractivity contribution in [2.75, 3.05) is 9.96 Å². The lowest BCUT2D eigenvalue weighted by atomic mass is 9.88. The maximum absolute atomic E-state index is 13.6. The number of anilines is 2. The van der Waals surface area contributed by atoms with Crippen LogP contribution in [0.2, 0.25) is 0 Å². The number of nitrogens with zero attached hydrogens (tertiary/aromatic N) is 2. The lowest BCUT2D eigenvalue weighted by Crippen LogP contribution is -2.38. The van der Waals surface area contributed by atoms with Gasteiger partial charge in [0.15, 0.2) is 6.10 Å². The number of carbonyl (C=O) groups excluding carboxylic acids is 2. The fourth-order valence-electron chi connectivity index (χ4n) is 4.59. The van der Waals surface area contributed by atoms with E-state index in [1.165, 1.54) is 17.2 Å². The van der Waals surface area contributed by atoms with Crippen molar-refractivity contribution in [1.82, 2.24) is 0 Å². The summed E-state index contributed by atoms with van der Waals surface area (Å²) in [4.78, 5) is 33.5. The third-order valence-electron chi connectivity index (χ3n) is 6.08. The van der Waals surface area contributed by atoms with Crippen LogP contribution in [0, 0.1) is 12.8 Å². The van der Waals surface area contributed by atoms with Crippen molar-refractivity contribution in [2.45, 2.75) is 25.2 Å². The molecular formula is C25H19F3N2O3. The Morgan fingerprint density at radius 1 is 0.818 bits per heavy atom. The van der Waals surface area contributed by atoms with E-state index in [-0.39, 0.29) is 0 Å². The Bertz CT molecular complexity index is 1230. The van der Waals surface area contributed by atoms with Crippen molar-refractivity contribution in [3.63, 3.8) is 0 Å². The van der Waals surface area contributed by atoms with E-state index in [4.69, 9.17) is 4.84 Å². The van der Waals surface area contributed by atoms with Crippen LogP contribution in [0.4, 0.5) is 24.5 Å². The highest BCUT2D eigenvalue weighted by Crippen LogP contribution is 2.49. The van der Waals surface area contributed by atoms with E-state index in [9.17, 15) is 22.8 Å². The monoisotopic (exact) mass is 452 g/mol. The molecule has 5 nitrogen and oxygen atoms in total. The molecule has 2 aliphatic heterocycles. The normalized spacial score (nSPS) is 22.7. The van der Waals surface area contributed by atoms with Crippen LogP contribution in [0.25, 0.3) is 0 Å². The van der Waals surface area contributed by atoms with Gasteiger partial charge in [-0.15, -0.1) is 0 Å². The average Bonchev–Trinajstić information content (AvgIpc) is 3.30. The van der Waals surface area contributed by atoms with Crippen molar-refractivity contribution in [1.29, 1.82) is 0 Å². The van der Waals surface area contributed by atoms with Crippen LogP contribution < -0.4 is 9.96 Å². The number of para-hydroxylation sites is 2. The predicted octanol–water partition coefficient (Wildman–Crippen LogP) is 5.06.